The number of rotatable bonds is 8. The summed E-state index contributed by atoms with van der Waals surface area (Å²) in [6.07, 6.45) is 1.54. The number of aryl methyl sites for hydroxylation is 1. The van der Waals surface area contributed by atoms with Crippen LogP contribution in [0.1, 0.15) is 58.5 Å². The average Bonchev–Trinajstić information content (AvgIpc) is 3.42. The molecule has 1 atom stereocenters. The molecule has 194 valence electrons. The number of benzene rings is 1. The molecule has 1 fully saturated rings. The zero-order chi connectivity index (χ0) is 26.6. The molecule has 0 spiro atoms. The molecule has 38 heavy (non-hydrogen) atoms. The van der Waals surface area contributed by atoms with Gasteiger partial charge in [0.25, 0.3) is 0 Å². The zero-order valence-corrected chi connectivity index (χ0v) is 22.4. The lowest BCUT2D eigenvalue weighted by molar-refractivity contribution is -0.119. The van der Waals surface area contributed by atoms with E-state index in [2.05, 4.69) is 24.8 Å². The largest absolute Gasteiger partial charge is 0.379 e. The number of Topliss-reactive ketones (excluding diaryl/α,β-unsaturated/α-hetero) is 1. The Labute approximate surface area is 226 Å². The molecule has 5 rings (SSSR count). The molecule has 1 saturated heterocycles. The van der Waals surface area contributed by atoms with Gasteiger partial charge in [0.05, 0.1) is 30.4 Å². The Balaban J connectivity index is 1.50. The summed E-state index contributed by atoms with van der Waals surface area (Å²) in [5.41, 5.74) is 4.13. The third-order valence-corrected chi connectivity index (χ3v) is 8.31. The summed E-state index contributed by atoms with van der Waals surface area (Å²) < 4.78 is 7.43. The number of hydrogen-bond acceptors (Lipinski definition) is 7. The fourth-order valence-electron chi connectivity index (χ4n) is 5.02. The van der Waals surface area contributed by atoms with Gasteiger partial charge in [-0.2, -0.15) is 0 Å². The van der Waals surface area contributed by atoms with E-state index < -0.39 is 6.04 Å². The molecule has 4 heterocycles. The summed E-state index contributed by atoms with van der Waals surface area (Å²) in [6.45, 7) is 23.2. The van der Waals surface area contributed by atoms with Crippen molar-refractivity contribution in [3.05, 3.63) is 80.3 Å². The second-order valence-electron chi connectivity index (χ2n) is 9.54. The molecule has 0 radical (unpaired) electrons. The van der Waals surface area contributed by atoms with Gasteiger partial charge in [-0.05, 0) is 37.9 Å². The highest BCUT2D eigenvalue weighted by atomic mass is 32.1. The molecule has 3 aromatic rings. The van der Waals surface area contributed by atoms with E-state index in [0.29, 0.717) is 17.9 Å². The van der Waals surface area contributed by atoms with E-state index >= 15 is 0 Å². The lowest BCUT2D eigenvalue weighted by Gasteiger charge is -2.26. The maximum Gasteiger partial charge on any atom is 0.249 e. The maximum atomic E-state index is 13.2. The van der Waals surface area contributed by atoms with Crippen molar-refractivity contribution in [3.8, 4) is 5.00 Å². The van der Waals surface area contributed by atoms with Crippen molar-refractivity contribution in [2.75, 3.05) is 32.8 Å². The molecule has 2 aliphatic heterocycles. The molecule has 9 nitrogen and oxygen atoms in total. The Morgan fingerprint density at radius 1 is 1.16 bits per heavy atom. The van der Waals surface area contributed by atoms with E-state index in [1.807, 2.05) is 30.5 Å². The number of aromatic nitrogens is 3. The van der Waals surface area contributed by atoms with Gasteiger partial charge in [-0.15, -0.1) is 21.5 Å². The molecule has 0 aliphatic carbocycles. The first-order valence-corrected chi connectivity index (χ1v) is 13.6. The van der Waals surface area contributed by atoms with Gasteiger partial charge < -0.3 is 9.58 Å². The summed E-state index contributed by atoms with van der Waals surface area (Å²) in [5.74, 6) is 1.52. The number of fused-ring (bicyclic) bond motifs is 3. The van der Waals surface area contributed by atoms with Crippen molar-refractivity contribution in [2.45, 2.75) is 45.7 Å². The van der Waals surface area contributed by atoms with Gasteiger partial charge in [0.15, 0.2) is 11.5 Å². The minimum absolute atomic E-state index is 0.151. The first kappa shape index (κ1) is 25.9. The van der Waals surface area contributed by atoms with Gasteiger partial charge in [-0.1, -0.05) is 24.3 Å². The fraction of sp³-hybridized carbons (Fsp3) is 0.429. The van der Waals surface area contributed by atoms with Gasteiger partial charge in [-0.3, -0.25) is 19.3 Å². The molecule has 0 bridgehead atoms. The first-order chi connectivity index (χ1) is 18.5. The second kappa shape index (κ2) is 11.4. The Bertz CT molecular complexity index is 1450. The molecule has 0 N–H and O–H groups in total. The molecule has 1 aromatic carbocycles. The van der Waals surface area contributed by atoms with Crippen molar-refractivity contribution in [1.82, 2.24) is 19.7 Å². The number of carbonyl (C=O) groups is 1. The minimum Gasteiger partial charge on any atom is -0.379 e. The van der Waals surface area contributed by atoms with Crippen LogP contribution in [0.4, 0.5) is 5.69 Å². The molecule has 10 heteroatoms. The van der Waals surface area contributed by atoms with E-state index in [9.17, 15) is 4.79 Å². The molecule has 0 saturated carbocycles. The highest BCUT2D eigenvalue weighted by Crippen LogP contribution is 2.40. The van der Waals surface area contributed by atoms with Crippen molar-refractivity contribution in [2.24, 2.45) is 4.99 Å². The quantitative estimate of drug-likeness (QED) is 0.390. The van der Waals surface area contributed by atoms with Crippen LogP contribution in [0.5, 0.6) is 0 Å². The van der Waals surface area contributed by atoms with Crippen LogP contribution in [-0.4, -0.2) is 64.0 Å². The Morgan fingerprint density at radius 3 is 2.63 bits per heavy atom. The van der Waals surface area contributed by atoms with Crippen LogP contribution in [0.15, 0.2) is 29.3 Å². The number of ketones is 1. The molecule has 0 unspecified atom stereocenters. The number of nitrogens with zero attached hydrogens (tertiary/aromatic N) is 7. The summed E-state index contributed by atoms with van der Waals surface area (Å²) in [7, 11) is 0. The lowest BCUT2D eigenvalue weighted by Crippen LogP contribution is -2.36. The summed E-state index contributed by atoms with van der Waals surface area (Å²) in [4.78, 5) is 28.8. The van der Waals surface area contributed by atoms with Crippen LogP contribution in [0.2, 0.25) is 0 Å². The van der Waals surface area contributed by atoms with Crippen LogP contribution in [0.25, 0.3) is 14.7 Å². The van der Waals surface area contributed by atoms with Gasteiger partial charge in [-0.25, -0.2) is 11.4 Å². The van der Waals surface area contributed by atoms with Crippen LogP contribution < -0.4 is 0 Å². The minimum atomic E-state index is -0.481. The van der Waals surface area contributed by atoms with Crippen molar-refractivity contribution in [1.29, 1.82) is 0 Å². The van der Waals surface area contributed by atoms with Crippen LogP contribution >= 0.6 is 11.3 Å². The number of carbonyl (C=O) groups excluding carboxylic acids is 1. The highest BCUT2D eigenvalue weighted by Gasteiger charge is 2.33. The molecule has 2 aliphatic rings. The SMILES string of the molecule is [C-]#[N+]Cc1sc2c(c1C)C(c1ccc([N+]#[C-])cc1)=N[C@@H](CC(=O)CCCN1CCOCC1)c1nnc(C)n1-2. The normalized spacial score (nSPS) is 17.1. The van der Waals surface area contributed by atoms with E-state index in [0.717, 1.165) is 77.4 Å². The van der Waals surface area contributed by atoms with Crippen LogP contribution in [0, 0.1) is 27.0 Å². The molecule has 2 aromatic heterocycles. The predicted octanol–water partition coefficient (Wildman–Crippen LogP) is 4.88. The van der Waals surface area contributed by atoms with Crippen LogP contribution in [0.3, 0.4) is 0 Å². The van der Waals surface area contributed by atoms with Crippen molar-refractivity contribution < 1.29 is 9.53 Å². The molecular formula is C28H29N7O2S. The zero-order valence-electron chi connectivity index (χ0n) is 21.6. The molecular weight excluding hydrogens is 498 g/mol. The third-order valence-electron chi connectivity index (χ3n) is 7.05. The van der Waals surface area contributed by atoms with Gasteiger partial charge in [0.2, 0.25) is 6.54 Å². The topological polar surface area (TPSA) is 81.3 Å². The predicted molar refractivity (Wildman–Crippen MR) is 146 cm³/mol. The monoisotopic (exact) mass is 527 g/mol. The fourth-order valence-corrected chi connectivity index (χ4v) is 6.31. The Kier molecular flexibility index (Phi) is 7.75. The summed E-state index contributed by atoms with van der Waals surface area (Å²) in [5, 5.41) is 9.76. The van der Waals surface area contributed by atoms with Gasteiger partial charge in [0, 0.05) is 31.5 Å². The lowest BCUT2D eigenvalue weighted by atomic mass is 9.99. The Morgan fingerprint density at radius 2 is 1.92 bits per heavy atom. The van der Waals surface area contributed by atoms with E-state index in [1.165, 1.54) is 0 Å². The van der Waals surface area contributed by atoms with Crippen molar-refractivity contribution >= 4 is 28.5 Å². The number of thiophene rings is 1. The van der Waals surface area contributed by atoms with E-state index in [1.54, 1.807) is 23.5 Å². The summed E-state index contributed by atoms with van der Waals surface area (Å²) >= 11 is 1.56. The highest BCUT2D eigenvalue weighted by molar-refractivity contribution is 7.15. The van der Waals surface area contributed by atoms with Gasteiger partial charge in [0.1, 0.15) is 22.7 Å². The maximum absolute atomic E-state index is 13.2. The standard InChI is InChI=1S/C28H29N7O2S/c1-18-24(17-29-3)38-28-25(18)26(20-7-9-21(30-4)10-8-20)31-23(27-33-32-19(2)35(27)28)16-22(36)6-5-11-34-12-14-37-15-13-34/h7-10,23H,5-6,11-17H2,1-2H3/t23-/m0/s1. The second-order valence-corrected chi connectivity index (χ2v) is 10.6. The van der Waals surface area contributed by atoms with Crippen LogP contribution in [-0.2, 0) is 16.1 Å². The number of aliphatic imine (C=N–C) groups is 1. The van der Waals surface area contributed by atoms with E-state index in [4.69, 9.17) is 22.9 Å². The number of hydrogen-bond donors (Lipinski definition) is 0. The number of ether oxygens (including phenoxy) is 1. The number of morpholine rings is 1. The van der Waals surface area contributed by atoms with Crippen molar-refractivity contribution in [3.63, 3.8) is 0 Å². The van der Waals surface area contributed by atoms with E-state index in [-0.39, 0.29) is 18.7 Å². The van der Waals surface area contributed by atoms with Gasteiger partial charge >= 0.3 is 0 Å². The summed E-state index contributed by atoms with van der Waals surface area (Å²) in [6, 6.07) is 6.90. The molecule has 0 amide bonds. The average molecular weight is 528 g/mol. The Hall–Kier alpha value is -3.70. The third kappa shape index (κ3) is 5.16. The smallest absolute Gasteiger partial charge is 0.249 e. The first-order valence-electron chi connectivity index (χ1n) is 12.8.